The number of carbonyl (C=O) groups excluding carboxylic acids is 3. The Kier molecular flexibility index (Phi) is 5.80. The summed E-state index contributed by atoms with van der Waals surface area (Å²) in [6, 6.07) is -0.245. The van der Waals surface area contributed by atoms with E-state index in [2.05, 4.69) is 10.6 Å². The molecular weight excluding hydrogens is 326 g/mol. The van der Waals surface area contributed by atoms with Crippen LogP contribution in [0.3, 0.4) is 0 Å². The van der Waals surface area contributed by atoms with Crippen molar-refractivity contribution in [3.8, 4) is 0 Å². The number of rotatable bonds is 4. The zero-order valence-electron chi connectivity index (χ0n) is 15.5. The normalized spacial score (nSPS) is 25.8. The van der Waals surface area contributed by atoms with Gasteiger partial charge in [-0.3, -0.25) is 0 Å². The van der Waals surface area contributed by atoms with Crippen LogP contribution in [0.1, 0.15) is 46.5 Å². The molecule has 0 aromatic carbocycles. The molecule has 0 spiro atoms. The van der Waals surface area contributed by atoms with Crippen LogP contribution in [-0.2, 0) is 14.3 Å². The molecule has 142 valence electrons. The van der Waals surface area contributed by atoms with Gasteiger partial charge in [0, 0.05) is 25.6 Å². The summed E-state index contributed by atoms with van der Waals surface area (Å²) in [7, 11) is 1.30. The van der Waals surface area contributed by atoms with Crippen LogP contribution in [-0.4, -0.2) is 60.9 Å². The van der Waals surface area contributed by atoms with Crippen LogP contribution in [0, 0.1) is 5.92 Å². The predicted octanol–water partition coefficient (Wildman–Crippen LogP) is 1.64. The van der Waals surface area contributed by atoms with Crippen molar-refractivity contribution in [3.05, 3.63) is 0 Å². The largest absolute Gasteiger partial charge is 0.467 e. The number of alkyl carbamates (subject to hydrolysis) is 1. The van der Waals surface area contributed by atoms with Gasteiger partial charge in [-0.05, 0) is 46.5 Å². The summed E-state index contributed by atoms with van der Waals surface area (Å²) < 4.78 is 10.1. The van der Waals surface area contributed by atoms with Crippen molar-refractivity contribution >= 4 is 18.1 Å². The molecule has 0 radical (unpaired) electrons. The summed E-state index contributed by atoms with van der Waals surface area (Å²) in [5.74, 6) is -0.685. The van der Waals surface area contributed by atoms with E-state index in [0.29, 0.717) is 19.5 Å². The molecule has 2 atom stereocenters. The minimum absolute atomic E-state index is 0.207. The quantitative estimate of drug-likeness (QED) is 0.747. The molecule has 8 heteroatoms. The maximum atomic E-state index is 12.4. The first-order chi connectivity index (χ1) is 11.7. The first-order valence-corrected chi connectivity index (χ1v) is 8.80. The van der Waals surface area contributed by atoms with E-state index in [1.54, 1.807) is 25.7 Å². The van der Waals surface area contributed by atoms with E-state index in [9.17, 15) is 14.4 Å². The predicted molar refractivity (Wildman–Crippen MR) is 91.0 cm³/mol. The standard InChI is InChI=1S/C17H29N3O5/c1-16(2,3)25-15(23)18-11-12-10-17(12,13(21)24-4)19-14(22)20-8-6-5-7-9-20/h12H,5-11H2,1-4H3,(H,18,23)(H,19,22). The number of urea groups is 1. The van der Waals surface area contributed by atoms with Crippen molar-refractivity contribution in [2.24, 2.45) is 5.92 Å². The smallest absolute Gasteiger partial charge is 0.407 e. The molecule has 2 rings (SSSR count). The highest BCUT2D eigenvalue weighted by molar-refractivity contribution is 5.91. The van der Waals surface area contributed by atoms with E-state index >= 15 is 0 Å². The van der Waals surface area contributed by atoms with Crippen LogP contribution in [0.15, 0.2) is 0 Å². The minimum atomic E-state index is -1.06. The minimum Gasteiger partial charge on any atom is -0.467 e. The van der Waals surface area contributed by atoms with Gasteiger partial charge in [-0.25, -0.2) is 14.4 Å². The average Bonchev–Trinajstić information content (AvgIpc) is 3.25. The van der Waals surface area contributed by atoms with Gasteiger partial charge in [0.2, 0.25) is 0 Å². The number of nitrogens with one attached hydrogen (secondary N) is 2. The monoisotopic (exact) mass is 355 g/mol. The number of piperidine rings is 1. The summed E-state index contributed by atoms with van der Waals surface area (Å²) in [6.45, 7) is 6.97. The van der Waals surface area contributed by atoms with Gasteiger partial charge >= 0.3 is 18.1 Å². The van der Waals surface area contributed by atoms with Gasteiger partial charge in [-0.1, -0.05) is 0 Å². The van der Waals surface area contributed by atoms with Crippen molar-refractivity contribution in [2.75, 3.05) is 26.7 Å². The molecule has 8 nitrogen and oxygen atoms in total. The first kappa shape index (κ1) is 19.3. The molecule has 2 unspecified atom stereocenters. The van der Waals surface area contributed by atoms with Gasteiger partial charge in [-0.2, -0.15) is 0 Å². The Balaban J connectivity index is 1.91. The molecule has 2 aliphatic rings. The number of carbonyl (C=O) groups is 3. The van der Waals surface area contributed by atoms with E-state index in [1.165, 1.54) is 7.11 Å². The Hall–Kier alpha value is -1.99. The van der Waals surface area contributed by atoms with E-state index in [-0.39, 0.29) is 18.5 Å². The Morgan fingerprint density at radius 3 is 2.36 bits per heavy atom. The van der Waals surface area contributed by atoms with Crippen LogP contribution in [0.25, 0.3) is 0 Å². The summed E-state index contributed by atoms with van der Waals surface area (Å²) >= 11 is 0. The highest BCUT2D eigenvalue weighted by Gasteiger charge is 2.62. The molecule has 25 heavy (non-hydrogen) atoms. The lowest BCUT2D eigenvalue weighted by Crippen LogP contribution is -2.53. The van der Waals surface area contributed by atoms with Gasteiger partial charge in [-0.15, -0.1) is 0 Å². The Bertz CT molecular complexity index is 525. The lowest BCUT2D eigenvalue weighted by Gasteiger charge is -2.29. The second kappa shape index (κ2) is 7.49. The van der Waals surface area contributed by atoms with Crippen LogP contribution in [0.5, 0.6) is 0 Å². The van der Waals surface area contributed by atoms with Crippen LogP contribution >= 0.6 is 0 Å². The fourth-order valence-electron chi connectivity index (χ4n) is 3.10. The summed E-state index contributed by atoms with van der Waals surface area (Å²) in [4.78, 5) is 38.1. The lowest BCUT2D eigenvalue weighted by atomic mass is 10.1. The van der Waals surface area contributed by atoms with Crippen molar-refractivity contribution in [1.29, 1.82) is 0 Å². The second-order valence-electron chi connectivity index (χ2n) is 7.72. The number of methoxy groups -OCH3 is 1. The fourth-order valence-corrected chi connectivity index (χ4v) is 3.10. The average molecular weight is 355 g/mol. The summed E-state index contributed by atoms with van der Waals surface area (Å²) in [5, 5.41) is 5.48. The topological polar surface area (TPSA) is 97.0 Å². The van der Waals surface area contributed by atoms with Crippen LogP contribution in [0.2, 0.25) is 0 Å². The zero-order valence-corrected chi connectivity index (χ0v) is 15.5. The van der Waals surface area contributed by atoms with Gasteiger partial charge in [0.25, 0.3) is 0 Å². The SMILES string of the molecule is COC(=O)C1(NC(=O)N2CCCCC2)CC1CNC(=O)OC(C)(C)C. The molecule has 2 N–H and O–H groups in total. The number of likely N-dealkylation sites (tertiary alicyclic amines) is 1. The molecule has 1 saturated heterocycles. The number of hydrogen-bond donors (Lipinski definition) is 2. The molecule has 1 saturated carbocycles. The summed E-state index contributed by atoms with van der Waals surface area (Å²) in [6.07, 6.45) is 2.97. The van der Waals surface area contributed by atoms with Gasteiger partial charge < -0.3 is 25.0 Å². The molecule has 0 aromatic heterocycles. The Morgan fingerprint density at radius 2 is 1.80 bits per heavy atom. The maximum absolute atomic E-state index is 12.4. The zero-order chi connectivity index (χ0) is 18.7. The van der Waals surface area contributed by atoms with Gasteiger partial charge in [0.15, 0.2) is 0 Å². The van der Waals surface area contributed by atoms with E-state index < -0.39 is 23.2 Å². The van der Waals surface area contributed by atoms with E-state index in [1.807, 2.05) is 0 Å². The summed E-state index contributed by atoms with van der Waals surface area (Å²) in [5.41, 5.74) is -1.64. The first-order valence-electron chi connectivity index (χ1n) is 8.80. The molecule has 3 amide bonds. The van der Waals surface area contributed by atoms with Crippen molar-refractivity contribution in [3.63, 3.8) is 0 Å². The fraction of sp³-hybridized carbons (Fsp3) is 0.824. The van der Waals surface area contributed by atoms with Crippen molar-refractivity contribution in [1.82, 2.24) is 15.5 Å². The molecule has 0 bridgehead atoms. The molecule has 1 heterocycles. The lowest BCUT2D eigenvalue weighted by molar-refractivity contribution is -0.144. The second-order valence-corrected chi connectivity index (χ2v) is 7.72. The van der Waals surface area contributed by atoms with Crippen LogP contribution in [0.4, 0.5) is 9.59 Å². The number of ether oxygens (including phenoxy) is 2. The van der Waals surface area contributed by atoms with Crippen molar-refractivity contribution < 1.29 is 23.9 Å². The number of amides is 3. The third kappa shape index (κ3) is 4.99. The Morgan fingerprint density at radius 1 is 1.16 bits per heavy atom. The van der Waals surface area contributed by atoms with E-state index in [0.717, 1.165) is 19.3 Å². The highest BCUT2D eigenvalue weighted by Crippen LogP contribution is 2.44. The molecular formula is C17H29N3O5. The van der Waals surface area contributed by atoms with Gasteiger partial charge in [0.1, 0.15) is 11.1 Å². The molecule has 2 fully saturated rings. The van der Waals surface area contributed by atoms with Crippen molar-refractivity contribution in [2.45, 2.75) is 57.6 Å². The van der Waals surface area contributed by atoms with E-state index in [4.69, 9.17) is 9.47 Å². The maximum Gasteiger partial charge on any atom is 0.407 e. The highest BCUT2D eigenvalue weighted by atomic mass is 16.6. The third-order valence-electron chi connectivity index (χ3n) is 4.52. The third-order valence-corrected chi connectivity index (χ3v) is 4.52. The number of esters is 1. The molecule has 1 aliphatic carbocycles. The van der Waals surface area contributed by atoms with Crippen LogP contribution < -0.4 is 10.6 Å². The Labute approximate surface area is 148 Å². The number of hydrogen-bond acceptors (Lipinski definition) is 5. The molecule has 0 aromatic rings. The molecule has 1 aliphatic heterocycles. The number of nitrogens with zero attached hydrogens (tertiary/aromatic N) is 1. The van der Waals surface area contributed by atoms with Gasteiger partial charge in [0.05, 0.1) is 7.11 Å².